The van der Waals surface area contributed by atoms with Gasteiger partial charge in [-0.3, -0.25) is 18.9 Å². The Morgan fingerprint density at radius 1 is 0.902 bits per heavy atom. The molecule has 0 spiro atoms. The molecule has 5 rings (SSSR count). The van der Waals surface area contributed by atoms with Crippen molar-refractivity contribution in [3.05, 3.63) is 116 Å². The van der Waals surface area contributed by atoms with Crippen LogP contribution < -0.4 is 67.4 Å². The molecule has 3 aromatic carbocycles. The van der Waals surface area contributed by atoms with Crippen molar-refractivity contribution in [2.45, 2.75) is 53.0 Å². The molecule has 0 saturated carbocycles. The summed E-state index contributed by atoms with van der Waals surface area (Å²) >= 11 is 0. The smallest absolute Gasteiger partial charge is 1.00 e. The first-order chi connectivity index (χ1) is 19.5. The molecule has 2 heterocycles. The number of aromatic amines is 1. The Morgan fingerprint density at radius 2 is 1.66 bits per heavy atom. The number of nitrogens with zero attached hydrogens (tertiary/aromatic N) is 3. The van der Waals surface area contributed by atoms with Gasteiger partial charge in [-0.1, -0.05) is 86.6 Å². The van der Waals surface area contributed by atoms with Crippen molar-refractivity contribution in [3.8, 4) is 34.0 Å². The van der Waals surface area contributed by atoms with E-state index in [1.165, 1.54) is 0 Å². The van der Waals surface area contributed by atoms with E-state index in [-0.39, 0.29) is 64.1 Å². The first kappa shape index (κ1) is 30.9. The summed E-state index contributed by atoms with van der Waals surface area (Å²) in [5.41, 5.74) is 5.20. The third-order valence-electron chi connectivity index (χ3n) is 6.84. The van der Waals surface area contributed by atoms with Crippen LogP contribution in [0, 0.1) is 0 Å². The van der Waals surface area contributed by atoms with Crippen molar-refractivity contribution >= 4 is 0 Å². The maximum absolute atomic E-state index is 13.9. The van der Waals surface area contributed by atoms with Gasteiger partial charge in [0.25, 0.3) is 5.56 Å². The molecule has 0 unspecified atom stereocenters. The molecule has 0 aliphatic rings. The van der Waals surface area contributed by atoms with Crippen LogP contribution in [0.4, 0.5) is 0 Å². The monoisotopic (exact) mass is 576 g/mol. The summed E-state index contributed by atoms with van der Waals surface area (Å²) in [5.74, 6) is 1.45. The Balaban J connectivity index is 0.00000242. The van der Waals surface area contributed by atoms with E-state index in [2.05, 4.69) is 24.0 Å². The van der Waals surface area contributed by atoms with Crippen molar-refractivity contribution in [2.75, 3.05) is 0 Å². The third-order valence-corrected chi connectivity index (χ3v) is 6.84. The van der Waals surface area contributed by atoms with Gasteiger partial charge in [-0.15, -0.1) is 0 Å². The van der Waals surface area contributed by atoms with Gasteiger partial charge in [-0.05, 0) is 53.6 Å². The van der Waals surface area contributed by atoms with Crippen LogP contribution in [0.15, 0.2) is 86.9 Å². The molecule has 8 nitrogen and oxygen atoms in total. The summed E-state index contributed by atoms with van der Waals surface area (Å²) in [7, 11) is 0. The quantitative estimate of drug-likeness (QED) is 0.256. The van der Waals surface area contributed by atoms with E-state index in [9.17, 15) is 9.59 Å². The fourth-order valence-electron chi connectivity index (χ4n) is 4.76. The van der Waals surface area contributed by atoms with Gasteiger partial charge in [0.05, 0.1) is 12.2 Å². The second kappa shape index (κ2) is 14.2. The Morgan fingerprint density at radius 3 is 2.32 bits per heavy atom. The van der Waals surface area contributed by atoms with Crippen molar-refractivity contribution in [1.82, 2.24) is 19.7 Å². The van der Waals surface area contributed by atoms with E-state index >= 15 is 0 Å². The second-order valence-corrected chi connectivity index (χ2v) is 9.59. The Labute approximate surface area is 282 Å². The molecule has 5 aromatic rings. The van der Waals surface area contributed by atoms with E-state index in [0.29, 0.717) is 36.7 Å². The van der Waals surface area contributed by atoms with Crippen LogP contribution in [0.25, 0.3) is 22.5 Å². The molecule has 2 aromatic heterocycles. The summed E-state index contributed by atoms with van der Waals surface area (Å²) in [6, 6.07) is 23.5. The fraction of sp³-hybridized carbons (Fsp3) is 0.250. The summed E-state index contributed by atoms with van der Waals surface area (Å²) in [6.45, 7) is 6.53. The van der Waals surface area contributed by atoms with Crippen LogP contribution in [-0.4, -0.2) is 19.7 Å². The molecule has 0 fully saturated rings. The number of rotatable bonds is 10. The van der Waals surface area contributed by atoms with Crippen LogP contribution in [0.3, 0.4) is 0 Å². The number of nitrogens with one attached hydrogen (secondary N) is 1. The molecular weight excluding hydrogens is 543 g/mol. The van der Waals surface area contributed by atoms with Gasteiger partial charge in [0, 0.05) is 12.0 Å². The molecule has 0 aliphatic carbocycles. The summed E-state index contributed by atoms with van der Waals surface area (Å²) < 4.78 is 12.6. The van der Waals surface area contributed by atoms with Crippen LogP contribution >= 0.6 is 0 Å². The minimum absolute atomic E-state index is 0. The number of hydrogen-bond acceptors (Lipinski definition) is 6. The molecule has 0 amide bonds. The van der Waals surface area contributed by atoms with Gasteiger partial charge >= 0.3 is 57.1 Å². The van der Waals surface area contributed by atoms with E-state index in [1.807, 2.05) is 79.7 Å². The predicted octanol–water partition coefficient (Wildman–Crippen LogP) is 3.29. The summed E-state index contributed by atoms with van der Waals surface area (Å²) in [5, 5.41) is 3.84. The second-order valence-electron chi connectivity index (χ2n) is 9.59. The molecule has 0 bridgehead atoms. The number of ether oxygens (including phenoxy) is 1. The van der Waals surface area contributed by atoms with Crippen molar-refractivity contribution < 1.29 is 62.1 Å². The Kier molecular flexibility index (Phi) is 10.7. The van der Waals surface area contributed by atoms with E-state index < -0.39 is 5.76 Å². The summed E-state index contributed by atoms with van der Waals surface area (Å²) in [4.78, 5) is 32.9. The van der Waals surface area contributed by atoms with E-state index in [4.69, 9.17) is 14.2 Å². The molecule has 1 N–H and O–H groups in total. The van der Waals surface area contributed by atoms with E-state index in [1.54, 1.807) is 4.57 Å². The first-order valence-electron chi connectivity index (χ1n) is 13.6. The zero-order valence-corrected chi connectivity index (χ0v) is 27.1. The molecule has 41 heavy (non-hydrogen) atoms. The van der Waals surface area contributed by atoms with Gasteiger partial charge in [-0.25, -0.2) is 9.78 Å². The summed E-state index contributed by atoms with van der Waals surface area (Å²) in [6.07, 6.45) is 3.04. The van der Waals surface area contributed by atoms with Crippen molar-refractivity contribution in [3.63, 3.8) is 0 Å². The molecule has 9 heteroatoms. The Hall–Kier alpha value is -3.08. The van der Waals surface area contributed by atoms with Crippen LogP contribution in [0.5, 0.6) is 11.5 Å². The minimum atomic E-state index is -0.599. The fourth-order valence-corrected chi connectivity index (χ4v) is 4.76. The molecular formula is C32H33KN4O4. The van der Waals surface area contributed by atoms with Gasteiger partial charge < -0.3 is 6.16 Å². The topological polar surface area (TPSA) is 103 Å². The average molecular weight is 577 g/mol. The van der Waals surface area contributed by atoms with Crippen molar-refractivity contribution in [1.29, 1.82) is 0 Å². The minimum Gasteiger partial charge on any atom is -1.00 e. The normalized spacial score (nSPS) is 10.8. The first-order valence-corrected chi connectivity index (χ1v) is 13.6. The van der Waals surface area contributed by atoms with Gasteiger partial charge in [0.1, 0.15) is 11.6 Å². The van der Waals surface area contributed by atoms with Gasteiger partial charge in [0.2, 0.25) is 5.75 Å². The largest absolute Gasteiger partial charge is 1.00 e. The number of benzene rings is 3. The Bertz CT molecular complexity index is 1740. The molecule has 0 radical (unpaired) electrons. The molecule has 0 aliphatic heterocycles. The number of aromatic nitrogens is 4. The van der Waals surface area contributed by atoms with Crippen LogP contribution in [0.2, 0.25) is 0 Å². The number of hydrogen-bond donors (Lipinski definition) is 1. The molecule has 0 saturated heterocycles. The molecule has 0 atom stereocenters. The molecule has 206 valence electrons. The third kappa shape index (κ3) is 7.05. The number of H-pyrrole nitrogens is 1. The van der Waals surface area contributed by atoms with Gasteiger partial charge in [0.15, 0.2) is 5.82 Å². The van der Waals surface area contributed by atoms with Crippen molar-refractivity contribution in [2.24, 2.45) is 0 Å². The average Bonchev–Trinajstić information content (AvgIpc) is 3.43. The maximum atomic E-state index is 13.9. The standard InChI is InChI=1S/C32H32N4O4.K.H/c1-4-10-28-33-27(6-3)29(39-24-12-9-11-21(5-2)19-24)31(37)36(28)20-22-15-17-23(18-16-22)25-13-7-8-14-26(25)30-34-32(38)40-35-30;;/h7-9,11-19H,4-6,10,20H2,1-3H3,(H,34,35,38);;/q;+1;-1. The SMILES string of the molecule is CCCc1nc(CC)c(Oc2cccc(CC)c2)c(=O)n1Cc1ccc(-c2ccccc2-c2noc(=O)[nH]2)cc1.[H-].[K+]. The maximum Gasteiger partial charge on any atom is 1.00 e. The van der Waals surface area contributed by atoms with E-state index in [0.717, 1.165) is 46.5 Å². The zero-order valence-electron chi connectivity index (χ0n) is 24.9. The van der Waals surface area contributed by atoms with Crippen LogP contribution in [-0.2, 0) is 25.8 Å². The van der Waals surface area contributed by atoms with Crippen LogP contribution in [0.1, 0.15) is 51.3 Å². The zero-order chi connectivity index (χ0) is 28.1. The predicted molar refractivity (Wildman–Crippen MR) is 156 cm³/mol. The number of aryl methyl sites for hydroxylation is 3. The van der Waals surface area contributed by atoms with Gasteiger partial charge in [-0.2, -0.15) is 0 Å².